The highest BCUT2D eigenvalue weighted by Crippen LogP contribution is 2.39. The third-order valence-corrected chi connectivity index (χ3v) is 6.01. The van der Waals surface area contributed by atoms with E-state index in [-0.39, 0.29) is 11.7 Å². The minimum atomic E-state index is -3.34. The van der Waals surface area contributed by atoms with Crippen LogP contribution >= 0.6 is 0 Å². The minimum Gasteiger partial charge on any atom is -0.443 e. The van der Waals surface area contributed by atoms with E-state index in [4.69, 9.17) is 4.74 Å². The number of aromatic nitrogens is 2. The molecule has 1 aromatic carbocycles. The Balaban J connectivity index is 1.90. The lowest BCUT2D eigenvalue weighted by Crippen LogP contribution is -2.26. The second kappa shape index (κ2) is 7.58. The molecule has 1 N–H and O–H groups in total. The number of rotatable bonds is 4. The number of hydrogen-bond acceptors (Lipinski definition) is 5. The maximum absolute atomic E-state index is 12.3. The van der Waals surface area contributed by atoms with Crippen molar-refractivity contribution in [2.24, 2.45) is 0 Å². The van der Waals surface area contributed by atoms with Gasteiger partial charge in [-0.1, -0.05) is 12.1 Å². The summed E-state index contributed by atoms with van der Waals surface area (Å²) < 4.78 is 33.5. The van der Waals surface area contributed by atoms with Gasteiger partial charge in [0.15, 0.2) is 0 Å². The van der Waals surface area contributed by atoms with Gasteiger partial charge >= 0.3 is 6.09 Å². The molecule has 152 valence electrons. The van der Waals surface area contributed by atoms with E-state index in [1.54, 1.807) is 19.2 Å². The van der Waals surface area contributed by atoms with Gasteiger partial charge in [0.05, 0.1) is 17.1 Å². The molecule has 0 spiro atoms. The van der Waals surface area contributed by atoms with Gasteiger partial charge in [-0.25, -0.2) is 22.8 Å². The van der Waals surface area contributed by atoms with Gasteiger partial charge in [-0.2, -0.15) is 0 Å². The summed E-state index contributed by atoms with van der Waals surface area (Å²) in [5.41, 5.74) is 2.89. The number of imidazole rings is 1. The fraction of sp³-hybridized carbons (Fsp3) is 0.500. The fourth-order valence-corrected chi connectivity index (χ4v) is 4.09. The van der Waals surface area contributed by atoms with Gasteiger partial charge in [-0.05, 0) is 64.2 Å². The van der Waals surface area contributed by atoms with Crippen LogP contribution in [-0.2, 0) is 21.2 Å². The average molecular weight is 406 g/mol. The molecule has 0 radical (unpaired) electrons. The Kier molecular flexibility index (Phi) is 5.52. The molecule has 1 atom stereocenters. The Labute approximate surface area is 166 Å². The van der Waals surface area contributed by atoms with Crippen molar-refractivity contribution in [1.29, 1.82) is 0 Å². The number of benzene rings is 1. The Morgan fingerprint density at radius 3 is 2.79 bits per heavy atom. The molecule has 2 aromatic rings. The molecule has 28 heavy (non-hydrogen) atoms. The maximum Gasteiger partial charge on any atom is 0.419 e. The van der Waals surface area contributed by atoms with Crippen molar-refractivity contribution < 1.29 is 17.9 Å². The minimum absolute atomic E-state index is 0.0125. The van der Waals surface area contributed by atoms with E-state index >= 15 is 0 Å². The number of sulfonamides is 1. The number of nitrogens with zero attached hydrogens (tertiary/aromatic N) is 2. The number of carbonyl (C=O) groups is 1. The first-order chi connectivity index (χ1) is 13.1. The van der Waals surface area contributed by atoms with E-state index in [0.29, 0.717) is 5.69 Å². The standard InChI is InChI=1S/C20H27N3O4S/c1-5-28(25,26)22-17-11-7-8-14-15(17)9-6-10-16(14)18-12-23(13-21-18)19(24)27-20(2,3)4/h7-8,11-13,16,22H,5-6,9-10H2,1-4H3/t16-/m1/s1. The number of anilines is 1. The molecule has 0 saturated carbocycles. The number of fused-ring (bicyclic) bond motifs is 1. The van der Waals surface area contributed by atoms with Crippen LogP contribution in [0.15, 0.2) is 30.7 Å². The molecule has 1 aliphatic carbocycles. The molecule has 0 aliphatic heterocycles. The quantitative estimate of drug-likeness (QED) is 0.833. The summed E-state index contributed by atoms with van der Waals surface area (Å²) in [6.45, 7) is 7.07. The first-order valence-electron chi connectivity index (χ1n) is 9.49. The Bertz CT molecular complexity index is 974. The summed E-state index contributed by atoms with van der Waals surface area (Å²) in [5, 5.41) is 0. The molecular weight excluding hydrogens is 378 g/mol. The van der Waals surface area contributed by atoms with Crippen molar-refractivity contribution in [2.75, 3.05) is 10.5 Å². The molecule has 8 heteroatoms. The molecule has 0 amide bonds. The summed E-state index contributed by atoms with van der Waals surface area (Å²) in [6, 6.07) is 5.67. The van der Waals surface area contributed by atoms with Gasteiger partial charge in [-0.15, -0.1) is 0 Å². The number of ether oxygens (including phenoxy) is 1. The molecule has 7 nitrogen and oxygen atoms in total. The predicted octanol–water partition coefficient (Wildman–Crippen LogP) is 3.90. The lowest BCUT2D eigenvalue weighted by molar-refractivity contribution is 0.0536. The summed E-state index contributed by atoms with van der Waals surface area (Å²) in [6.07, 6.45) is 5.33. The molecule has 1 aliphatic rings. The normalized spacial score (nSPS) is 17.1. The Morgan fingerprint density at radius 2 is 2.11 bits per heavy atom. The molecular formula is C20H27N3O4S. The first kappa shape index (κ1) is 20.4. The van der Waals surface area contributed by atoms with Crippen molar-refractivity contribution in [3.8, 4) is 0 Å². The molecule has 1 heterocycles. The van der Waals surface area contributed by atoms with Crippen LogP contribution in [0.3, 0.4) is 0 Å². The van der Waals surface area contributed by atoms with Gasteiger partial charge in [0.1, 0.15) is 11.9 Å². The molecule has 1 aromatic heterocycles. The fourth-order valence-electron chi connectivity index (χ4n) is 3.42. The van der Waals surface area contributed by atoms with Gasteiger partial charge in [-0.3, -0.25) is 4.72 Å². The Morgan fingerprint density at radius 1 is 1.36 bits per heavy atom. The van der Waals surface area contributed by atoms with Crippen molar-refractivity contribution in [1.82, 2.24) is 9.55 Å². The zero-order valence-electron chi connectivity index (χ0n) is 16.7. The van der Waals surface area contributed by atoms with Crippen LogP contribution in [0, 0.1) is 0 Å². The van der Waals surface area contributed by atoms with Crippen LogP contribution in [0.4, 0.5) is 10.5 Å². The Hall–Kier alpha value is -2.35. The SMILES string of the molecule is CCS(=O)(=O)Nc1cccc2c1CCC[C@H]2c1cn(C(=O)OC(C)(C)C)cn1. The third kappa shape index (κ3) is 4.55. The van der Waals surface area contributed by atoms with Crippen molar-refractivity contribution >= 4 is 21.8 Å². The van der Waals surface area contributed by atoms with Crippen LogP contribution < -0.4 is 4.72 Å². The van der Waals surface area contributed by atoms with Crippen molar-refractivity contribution in [3.05, 3.63) is 47.5 Å². The third-order valence-electron chi connectivity index (χ3n) is 4.72. The van der Waals surface area contributed by atoms with Crippen LogP contribution in [-0.4, -0.2) is 35.4 Å². The van der Waals surface area contributed by atoms with Crippen LogP contribution in [0.5, 0.6) is 0 Å². The summed E-state index contributed by atoms with van der Waals surface area (Å²) >= 11 is 0. The highest BCUT2D eigenvalue weighted by molar-refractivity contribution is 7.92. The van der Waals surface area contributed by atoms with E-state index in [9.17, 15) is 13.2 Å². The van der Waals surface area contributed by atoms with Crippen LogP contribution in [0.25, 0.3) is 0 Å². The molecule has 0 bridgehead atoms. The molecule has 0 unspecified atom stereocenters. The van der Waals surface area contributed by atoms with Gasteiger partial charge < -0.3 is 4.74 Å². The van der Waals surface area contributed by atoms with Gasteiger partial charge in [0.2, 0.25) is 10.0 Å². The monoisotopic (exact) mass is 405 g/mol. The van der Waals surface area contributed by atoms with Crippen molar-refractivity contribution in [2.45, 2.75) is 58.5 Å². The average Bonchev–Trinajstić information content (AvgIpc) is 3.10. The van der Waals surface area contributed by atoms with E-state index in [2.05, 4.69) is 9.71 Å². The second-order valence-corrected chi connectivity index (χ2v) is 10.0. The van der Waals surface area contributed by atoms with Gasteiger partial charge in [0, 0.05) is 12.1 Å². The van der Waals surface area contributed by atoms with Crippen LogP contribution in [0.2, 0.25) is 0 Å². The summed E-state index contributed by atoms with van der Waals surface area (Å²) in [5.74, 6) is 0.0407. The zero-order valence-corrected chi connectivity index (χ0v) is 17.5. The molecule has 3 rings (SSSR count). The van der Waals surface area contributed by atoms with E-state index in [1.807, 2.05) is 32.9 Å². The summed E-state index contributed by atoms with van der Waals surface area (Å²) in [7, 11) is -3.34. The highest BCUT2D eigenvalue weighted by Gasteiger charge is 2.27. The highest BCUT2D eigenvalue weighted by atomic mass is 32.2. The second-order valence-electron chi connectivity index (χ2n) is 8.01. The van der Waals surface area contributed by atoms with Crippen molar-refractivity contribution in [3.63, 3.8) is 0 Å². The van der Waals surface area contributed by atoms with Gasteiger partial charge in [0.25, 0.3) is 0 Å². The lowest BCUT2D eigenvalue weighted by atomic mass is 9.80. The van der Waals surface area contributed by atoms with Crippen LogP contribution in [0.1, 0.15) is 63.3 Å². The topological polar surface area (TPSA) is 90.3 Å². The molecule has 0 saturated heterocycles. The number of hydrogen-bond donors (Lipinski definition) is 1. The van der Waals surface area contributed by atoms with E-state index in [1.165, 1.54) is 10.9 Å². The number of carbonyl (C=O) groups excluding carboxylic acids is 1. The smallest absolute Gasteiger partial charge is 0.419 e. The molecule has 0 fully saturated rings. The maximum atomic E-state index is 12.3. The first-order valence-corrected chi connectivity index (χ1v) is 11.1. The van der Waals surface area contributed by atoms with E-state index in [0.717, 1.165) is 36.1 Å². The largest absolute Gasteiger partial charge is 0.443 e. The summed E-state index contributed by atoms with van der Waals surface area (Å²) in [4.78, 5) is 16.7. The zero-order chi connectivity index (χ0) is 20.5. The lowest BCUT2D eigenvalue weighted by Gasteiger charge is -2.26. The number of nitrogens with one attached hydrogen (secondary N) is 1. The predicted molar refractivity (Wildman–Crippen MR) is 108 cm³/mol. The van der Waals surface area contributed by atoms with E-state index < -0.39 is 21.7 Å².